The summed E-state index contributed by atoms with van der Waals surface area (Å²) in [4.78, 5) is 12.5. The Labute approximate surface area is 218 Å². The summed E-state index contributed by atoms with van der Waals surface area (Å²) < 4.78 is 2.19. The third kappa shape index (κ3) is 6.13. The van der Waals surface area contributed by atoms with Crippen LogP contribution in [-0.2, 0) is 4.79 Å². The van der Waals surface area contributed by atoms with Crippen molar-refractivity contribution < 1.29 is 4.79 Å². The molecule has 1 fully saturated rings. The van der Waals surface area contributed by atoms with E-state index in [1.54, 1.807) is 25.1 Å². The summed E-state index contributed by atoms with van der Waals surface area (Å²) in [6.07, 6.45) is 5.75. The monoisotopic (exact) mass is 535 g/mol. The topological polar surface area (TPSA) is 72.2 Å². The molecule has 1 aliphatic rings. The minimum absolute atomic E-state index is 0.170. The van der Waals surface area contributed by atoms with E-state index in [9.17, 15) is 4.79 Å². The largest absolute Gasteiger partial charge is 0.299 e. The Morgan fingerprint density at radius 3 is 2.50 bits per heavy atom. The van der Waals surface area contributed by atoms with Crippen molar-refractivity contribution in [3.8, 4) is 11.4 Å². The highest BCUT2D eigenvalue weighted by molar-refractivity contribution is 7.99. The highest BCUT2D eigenvalue weighted by Crippen LogP contribution is 2.35. The molecule has 1 amide bonds. The number of aromatic nitrogens is 3. The summed E-state index contributed by atoms with van der Waals surface area (Å²) >= 11 is 19.5. The first kappa shape index (κ1) is 25.0. The molecule has 0 saturated heterocycles. The van der Waals surface area contributed by atoms with E-state index in [0.717, 1.165) is 34.9 Å². The van der Waals surface area contributed by atoms with E-state index in [1.807, 2.05) is 24.3 Å². The van der Waals surface area contributed by atoms with Crippen LogP contribution in [0.5, 0.6) is 0 Å². The van der Waals surface area contributed by atoms with Crippen LogP contribution < -0.4 is 5.43 Å². The Morgan fingerprint density at radius 2 is 1.79 bits per heavy atom. The van der Waals surface area contributed by atoms with Gasteiger partial charge in [-0.3, -0.25) is 9.36 Å². The van der Waals surface area contributed by atoms with Gasteiger partial charge in [0.1, 0.15) is 0 Å². The Hall–Kier alpha value is -2.06. The van der Waals surface area contributed by atoms with Crippen molar-refractivity contribution in [3.63, 3.8) is 0 Å². The number of carbonyl (C=O) groups excluding carboxylic acids is 1. The van der Waals surface area contributed by atoms with Crippen molar-refractivity contribution in [1.29, 1.82) is 0 Å². The van der Waals surface area contributed by atoms with Gasteiger partial charge in [0, 0.05) is 16.6 Å². The Morgan fingerprint density at radius 1 is 1.06 bits per heavy atom. The number of hydrogen-bond acceptors (Lipinski definition) is 5. The predicted molar refractivity (Wildman–Crippen MR) is 140 cm³/mol. The molecule has 1 saturated carbocycles. The Bertz CT molecular complexity index is 1190. The van der Waals surface area contributed by atoms with E-state index >= 15 is 0 Å². The quantitative estimate of drug-likeness (QED) is 0.200. The lowest BCUT2D eigenvalue weighted by Gasteiger charge is -2.25. The van der Waals surface area contributed by atoms with Gasteiger partial charge in [0.05, 0.1) is 21.5 Å². The number of rotatable bonds is 7. The van der Waals surface area contributed by atoms with Gasteiger partial charge in [-0.05, 0) is 61.7 Å². The summed E-state index contributed by atoms with van der Waals surface area (Å²) in [5.41, 5.74) is 4.98. The minimum Gasteiger partial charge on any atom is -0.299 e. The summed E-state index contributed by atoms with van der Waals surface area (Å²) in [5, 5.41) is 15.4. The highest BCUT2D eigenvalue weighted by Gasteiger charge is 2.24. The Balaban J connectivity index is 1.47. The lowest BCUT2D eigenvalue weighted by molar-refractivity contribution is -0.118. The van der Waals surface area contributed by atoms with Gasteiger partial charge >= 0.3 is 0 Å². The van der Waals surface area contributed by atoms with E-state index in [-0.39, 0.29) is 11.7 Å². The third-order valence-electron chi connectivity index (χ3n) is 5.72. The van der Waals surface area contributed by atoms with E-state index in [1.165, 1.54) is 31.0 Å². The van der Waals surface area contributed by atoms with Crippen LogP contribution in [0, 0.1) is 0 Å². The molecule has 0 aliphatic heterocycles. The fraction of sp³-hybridized carbons (Fsp3) is 0.333. The molecule has 0 spiro atoms. The molecular weight excluding hydrogens is 513 g/mol. The van der Waals surface area contributed by atoms with Gasteiger partial charge in [0.15, 0.2) is 11.0 Å². The van der Waals surface area contributed by atoms with E-state index in [4.69, 9.17) is 34.8 Å². The fourth-order valence-corrected chi connectivity index (χ4v) is 5.16. The first-order chi connectivity index (χ1) is 16.4. The molecule has 0 radical (unpaired) electrons. The summed E-state index contributed by atoms with van der Waals surface area (Å²) in [7, 11) is 0. The number of nitrogens with one attached hydrogen (secondary N) is 1. The van der Waals surface area contributed by atoms with Crippen molar-refractivity contribution in [1.82, 2.24) is 20.2 Å². The van der Waals surface area contributed by atoms with Gasteiger partial charge in [0.2, 0.25) is 0 Å². The third-order valence-corrected chi connectivity index (χ3v) is 7.66. The number of benzene rings is 2. The molecule has 34 heavy (non-hydrogen) atoms. The number of halogens is 3. The van der Waals surface area contributed by atoms with Crippen molar-refractivity contribution in [2.24, 2.45) is 5.10 Å². The predicted octanol–water partition coefficient (Wildman–Crippen LogP) is 7.04. The summed E-state index contributed by atoms with van der Waals surface area (Å²) in [6.45, 7) is 1.80. The number of hydrogen-bond donors (Lipinski definition) is 1. The highest BCUT2D eigenvalue weighted by atomic mass is 35.5. The molecule has 0 bridgehead atoms. The van der Waals surface area contributed by atoms with Crippen LogP contribution in [0.1, 0.15) is 50.6 Å². The zero-order valence-corrected chi connectivity index (χ0v) is 21.7. The molecule has 10 heteroatoms. The number of hydrazone groups is 1. The van der Waals surface area contributed by atoms with E-state index in [0.29, 0.717) is 26.8 Å². The zero-order chi connectivity index (χ0) is 24.1. The van der Waals surface area contributed by atoms with Crippen molar-refractivity contribution in [2.75, 3.05) is 5.75 Å². The molecular formula is C24H24Cl3N5OS. The SMILES string of the molecule is CC(=NNC(=O)CSc1nnc(-c2ccc(Cl)cc2)n1C1CCCCC1)c1ccc(Cl)c(Cl)c1. The molecule has 0 atom stereocenters. The maximum absolute atomic E-state index is 12.5. The van der Waals surface area contributed by atoms with E-state index < -0.39 is 0 Å². The molecule has 4 rings (SSSR count). The first-order valence-electron chi connectivity index (χ1n) is 11.0. The molecule has 2 aromatic carbocycles. The van der Waals surface area contributed by atoms with Gasteiger partial charge in [-0.2, -0.15) is 5.10 Å². The smallest absolute Gasteiger partial charge is 0.250 e. The van der Waals surface area contributed by atoms with Crippen LogP contribution in [-0.4, -0.2) is 32.1 Å². The number of thioether (sulfide) groups is 1. The second-order valence-corrected chi connectivity index (χ2v) is 10.3. The number of amides is 1. The molecule has 1 N–H and O–H groups in total. The van der Waals surface area contributed by atoms with Crippen LogP contribution in [0.25, 0.3) is 11.4 Å². The van der Waals surface area contributed by atoms with Crippen LogP contribution in [0.2, 0.25) is 15.1 Å². The molecule has 0 unspecified atom stereocenters. The van der Waals surface area contributed by atoms with Crippen LogP contribution in [0.3, 0.4) is 0 Å². The van der Waals surface area contributed by atoms with Gasteiger partial charge in [-0.1, -0.05) is 71.9 Å². The number of nitrogens with zero attached hydrogens (tertiary/aromatic N) is 4. The molecule has 1 aromatic heterocycles. The maximum Gasteiger partial charge on any atom is 0.250 e. The lowest BCUT2D eigenvalue weighted by Crippen LogP contribution is -2.22. The summed E-state index contributed by atoms with van der Waals surface area (Å²) in [6, 6.07) is 13.1. The van der Waals surface area contributed by atoms with Gasteiger partial charge in [0.25, 0.3) is 5.91 Å². The normalized spacial score (nSPS) is 14.9. The molecule has 178 valence electrons. The van der Waals surface area contributed by atoms with Gasteiger partial charge in [-0.15, -0.1) is 10.2 Å². The van der Waals surface area contributed by atoms with Crippen LogP contribution in [0.4, 0.5) is 0 Å². The van der Waals surface area contributed by atoms with Crippen molar-refractivity contribution in [2.45, 2.75) is 50.2 Å². The van der Waals surface area contributed by atoms with Crippen LogP contribution >= 0.6 is 46.6 Å². The second kappa shape index (κ2) is 11.6. The molecule has 1 heterocycles. The lowest BCUT2D eigenvalue weighted by atomic mass is 9.95. The average molecular weight is 537 g/mol. The second-order valence-electron chi connectivity index (χ2n) is 8.12. The summed E-state index contributed by atoms with van der Waals surface area (Å²) in [5.74, 6) is 0.750. The van der Waals surface area contributed by atoms with Gasteiger partial charge < -0.3 is 0 Å². The fourth-order valence-electron chi connectivity index (χ4n) is 3.93. The van der Waals surface area contributed by atoms with E-state index in [2.05, 4.69) is 25.3 Å². The zero-order valence-electron chi connectivity index (χ0n) is 18.6. The minimum atomic E-state index is -0.226. The maximum atomic E-state index is 12.5. The molecule has 1 aliphatic carbocycles. The molecule has 6 nitrogen and oxygen atoms in total. The first-order valence-corrected chi connectivity index (χ1v) is 13.2. The Kier molecular flexibility index (Phi) is 8.53. The standard InChI is InChI=1S/C24H24Cl3N5OS/c1-15(17-9-12-20(26)21(27)13-17)28-29-22(33)14-34-24-31-30-23(16-7-10-18(25)11-8-16)32(24)19-5-3-2-4-6-19/h7-13,19H,2-6,14H2,1H3,(H,29,33). The average Bonchev–Trinajstić information content (AvgIpc) is 3.28. The van der Waals surface area contributed by atoms with Crippen molar-refractivity contribution >= 4 is 58.2 Å². The van der Waals surface area contributed by atoms with Crippen molar-refractivity contribution in [3.05, 3.63) is 63.1 Å². The number of carbonyl (C=O) groups is 1. The van der Waals surface area contributed by atoms with Crippen LogP contribution in [0.15, 0.2) is 52.7 Å². The van der Waals surface area contributed by atoms with Gasteiger partial charge in [-0.25, -0.2) is 5.43 Å². The molecule has 3 aromatic rings.